The molecule has 2 unspecified atom stereocenters. The molecule has 2 amide bonds. The van der Waals surface area contributed by atoms with Crippen molar-refractivity contribution < 1.29 is 9.53 Å². The topological polar surface area (TPSA) is 53.6 Å². The van der Waals surface area contributed by atoms with Gasteiger partial charge in [-0.3, -0.25) is 4.90 Å². The number of hydrogen-bond acceptors (Lipinski definition) is 3. The zero-order valence-electron chi connectivity index (χ0n) is 14.4. The van der Waals surface area contributed by atoms with Gasteiger partial charge in [-0.05, 0) is 51.4 Å². The monoisotopic (exact) mass is 323 g/mol. The largest absolute Gasteiger partial charge is 0.378 e. The van der Waals surface area contributed by atoms with Gasteiger partial charge in [-0.1, -0.05) is 12.8 Å². The van der Waals surface area contributed by atoms with Gasteiger partial charge in [-0.2, -0.15) is 0 Å². The summed E-state index contributed by atoms with van der Waals surface area (Å²) in [7, 11) is 0. The standard InChI is InChI=1S/C18H33N3O2/c22-18(19-11-5-9-17-8-3-4-13-23-17)20-15-10-12-21(14-15)16-6-1-2-7-16/h15-17H,1-14H2,(H2,19,20,22). The van der Waals surface area contributed by atoms with Crippen LogP contribution in [0.5, 0.6) is 0 Å². The van der Waals surface area contributed by atoms with Crippen LogP contribution in [0.25, 0.3) is 0 Å². The van der Waals surface area contributed by atoms with Crippen LogP contribution in [-0.4, -0.2) is 55.4 Å². The zero-order chi connectivity index (χ0) is 15.9. The minimum atomic E-state index is 0.00725. The summed E-state index contributed by atoms with van der Waals surface area (Å²) in [6.07, 6.45) is 12.7. The van der Waals surface area contributed by atoms with E-state index in [1.165, 1.54) is 44.9 Å². The Kier molecular flexibility index (Phi) is 6.57. The molecule has 3 fully saturated rings. The molecule has 0 spiro atoms. The first-order chi connectivity index (χ1) is 11.3. The zero-order valence-corrected chi connectivity index (χ0v) is 14.4. The third-order valence-corrected chi connectivity index (χ3v) is 5.66. The van der Waals surface area contributed by atoms with Crippen molar-refractivity contribution in [3.05, 3.63) is 0 Å². The molecule has 1 aliphatic carbocycles. The van der Waals surface area contributed by atoms with Gasteiger partial charge in [-0.25, -0.2) is 4.79 Å². The van der Waals surface area contributed by atoms with Gasteiger partial charge in [0.05, 0.1) is 6.10 Å². The van der Waals surface area contributed by atoms with Crippen LogP contribution in [0, 0.1) is 0 Å². The number of ether oxygens (including phenoxy) is 1. The van der Waals surface area contributed by atoms with Gasteiger partial charge < -0.3 is 15.4 Å². The van der Waals surface area contributed by atoms with E-state index in [0.717, 1.165) is 51.5 Å². The number of nitrogens with zero attached hydrogens (tertiary/aromatic N) is 1. The molecule has 2 heterocycles. The highest BCUT2D eigenvalue weighted by atomic mass is 16.5. The maximum atomic E-state index is 12.0. The Labute approximate surface area is 140 Å². The van der Waals surface area contributed by atoms with Crippen molar-refractivity contribution in [3.63, 3.8) is 0 Å². The lowest BCUT2D eigenvalue weighted by molar-refractivity contribution is 0.0103. The molecule has 0 aromatic rings. The number of rotatable bonds is 6. The highest BCUT2D eigenvalue weighted by Crippen LogP contribution is 2.26. The van der Waals surface area contributed by atoms with Crippen LogP contribution in [-0.2, 0) is 4.74 Å². The minimum absolute atomic E-state index is 0.00725. The van der Waals surface area contributed by atoms with Crippen LogP contribution < -0.4 is 10.6 Å². The maximum absolute atomic E-state index is 12.0. The van der Waals surface area contributed by atoms with Crippen molar-refractivity contribution in [1.82, 2.24) is 15.5 Å². The Hall–Kier alpha value is -0.810. The van der Waals surface area contributed by atoms with Crippen LogP contribution in [0.2, 0.25) is 0 Å². The van der Waals surface area contributed by atoms with Gasteiger partial charge in [0.2, 0.25) is 0 Å². The van der Waals surface area contributed by atoms with E-state index in [-0.39, 0.29) is 6.03 Å². The van der Waals surface area contributed by atoms with E-state index in [1.54, 1.807) is 0 Å². The number of carbonyl (C=O) groups excluding carboxylic acids is 1. The Bertz CT molecular complexity index is 365. The predicted octanol–water partition coefficient (Wildman–Crippen LogP) is 2.65. The Morgan fingerprint density at radius 3 is 2.70 bits per heavy atom. The Morgan fingerprint density at radius 1 is 1.09 bits per heavy atom. The first-order valence-electron chi connectivity index (χ1n) is 9.71. The quantitative estimate of drug-likeness (QED) is 0.739. The highest BCUT2D eigenvalue weighted by molar-refractivity contribution is 5.74. The molecular weight excluding hydrogens is 290 g/mol. The van der Waals surface area contributed by atoms with Gasteiger partial charge in [0.1, 0.15) is 0 Å². The summed E-state index contributed by atoms with van der Waals surface area (Å²) in [5.41, 5.74) is 0. The van der Waals surface area contributed by atoms with E-state index in [4.69, 9.17) is 4.74 Å². The summed E-state index contributed by atoms with van der Waals surface area (Å²) in [5.74, 6) is 0. The van der Waals surface area contributed by atoms with Gasteiger partial charge in [0.25, 0.3) is 0 Å². The average Bonchev–Trinajstić information content (AvgIpc) is 3.24. The first-order valence-corrected chi connectivity index (χ1v) is 9.71. The molecule has 0 radical (unpaired) electrons. The van der Waals surface area contributed by atoms with Gasteiger partial charge >= 0.3 is 6.03 Å². The second-order valence-corrected chi connectivity index (χ2v) is 7.45. The molecule has 0 aromatic carbocycles. The molecule has 1 saturated carbocycles. The number of carbonyl (C=O) groups is 1. The van der Waals surface area contributed by atoms with E-state index in [1.807, 2.05) is 0 Å². The van der Waals surface area contributed by atoms with Crippen molar-refractivity contribution >= 4 is 6.03 Å². The molecule has 2 saturated heterocycles. The summed E-state index contributed by atoms with van der Waals surface area (Å²) in [4.78, 5) is 14.6. The summed E-state index contributed by atoms with van der Waals surface area (Å²) in [6.45, 7) is 3.85. The van der Waals surface area contributed by atoms with E-state index in [2.05, 4.69) is 15.5 Å². The average molecular weight is 323 g/mol. The summed E-state index contributed by atoms with van der Waals surface area (Å²) in [6, 6.07) is 1.12. The molecule has 3 aliphatic rings. The molecule has 23 heavy (non-hydrogen) atoms. The number of likely N-dealkylation sites (tertiary alicyclic amines) is 1. The maximum Gasteiger partial charge on any atom is 0.315 e. The Balaban J connectivity index is 1.25. The number of urea groups is 1. The summed E-state index contributed by atoms with van der Waals surface area (Å²) >= 11 is 0. The second kappa shape index (κ2) is 8.88. The van der Waals surface area contributed by atoms with Crippen LogP contribution in [0.15, 0.2) is 0 Å². The van der Waals surface area contributed by atoms with Crippen LogP contribution in [0.4, 0.5) is 4.79 Å². The van der Waals surface area contributed by atoms with Gasteiger partial charge in [0.15, 0.2) is 0 Å². The summed E-state index contributed by atoms with van der Waals surface area (Å²) in [5, 5.41) is 6.16. The molecule has 2 aliphatic heterocycles. The fourth-order valence-corrected chi connectivity index (χ4v) is 4.31. The van der Waals surface area contributed by atoms with E-state index in [0.29, 0.717) is 12.1 Å². The molecule has 2 atom stereocenters. The molecular formula is C18H33N3O2. The highest BCUT2D eigenvalue weighted by Gasteiger charge is 2.30. The van der Waals surface area contributed by atoms with Crippen molar-refractivity contribution in [2.24, 2.45) is 0 Å². The summed E-state index contributed by atoms with van der Waals surface area (Å²) < 4.78 is 5.72. The van der Waals surface area contributed by atoms with Crippen molar-refractivity contribution in [3.8, 4) is 0 Å². The third kappa shape index (κ3) is 5.35. The lowest BCUT2D eigenvalue weighted by Crippen LogP contribution is -2.44. The first kappa shape index (κ1) is 17.0. The van der Waals surface area contributed by atoms with Gasteiger partial charge in [-0.15, -0.1) is 0 Å². The molecule has 0 bridgehead atoms. The number of nitrogens with one attached hydrogen (secondary N) is 2. The molecule has 5 nitrogen and oxygen atoms in total. The lowest BCUT2D eigenvalue weighted by atomic mass is 10.0. The Morgan fingerprint density at radius 2 is 1.91 bits per heavy atom. The smallest absolute Gasteiger partial charge is 0.315 e. The normalized spacial score (nSPS) is 29.7. The predicted molar refractivity (Wildman–Crippen MR) is 91.6 cm³/mol. The van der Waals surface area contributed by atoms with Crippen LogP contribution >= 0.6 is 0 Å². The molecule has 2 N–H and O–H groups in total. The lowest BCUT2D eigenvalue weighted by Gasteiger charge is -2.23. The molecule has 3 rings (SSSR count). The van der Waals surface area contributed by atoms with E-state index < -0.39 is 0 Å². The van der Waals surface area contributed by atoms with Crippen LogP contribution in [0.3, 0.4) is 0 Å². The fourth-order valence-electron chi connectivity index (χ4n) is 4.31. The SMILES string of the molecule is O=C(NCCCC1CCCCO1)NC1CCN(C2CCCC2)C1. The molecule has 5 heteroatoms. The number of hydrogen-bond donors (Lipinski definition) is 2. The third-order valence-electron chi connectivity index (χ3n) is 5.66. The second-order valence-electron chi connectivity index (χ2n) is 7.45. The van der Waals surface area contributed by atoms with Crippen molar-refractivity contribution in [2.45, 2.75) is 82.4 Å². The fraction of sp³-hybridized carbons (Fsp3) is 0.944. The van der Waals surface area contributed by atoms with Crippen molar-refractivity contribution in [2.75, 3.05) is 26.2 Å². The van der Waals surface area contributed by atoms with Gasteiger partial charge in [0, 0.05) is 38.3 Å². The van der Waals surface area contributed by atoms with Crippen molar-refractivity contribution in [1.29, 1.82) is 0 Å². The molecule has 0 aromatic heterocycles. The molecule has 132 valence electrons. The minimum Gasteiger partial charge on any atom is -0.378 e. The van der Waals surface area contributed by atoms with Crippen LogP contribution in [0.1, 0.15) is 64.2 Å². The van der Waals surface area contributed by atoms with E-state index >= 15 is 0 Å². The van der Waals surface area contributed by atoms with E-state index in [9.17, 15) is 4.79 Å². The number of amides is 2.